The van der Waals surface area contributed by atoms with Gasteiger partial charge in [0, 0.05) is 6.04 Å². The van der Waals surface area contributed by atoms with Gasteiger partial charge in [-0.3, -0.25) is 0 Å². The van der Waals surface area contributed by atoms with E-state index in [4.69, 9.17) is 0 Å². The number of aryl methyl sites for hydroxylation is 1. The minimum atomic E-state index is -3.28. The SMILES string of the molecule is CCCCCCCCCCS(=O)(=O)NC(CO)CCCCCCCCCCCCc1ccccc1. The Morgan fingerprint density at radius 1 is 0.686 bits per heavy atom. The van der Waals surface area contributed by atoms with Crippen molar-refractivity contribution in [3.63, 3.8) is 0 Å². The van der Waals surface area contributed by atoms with Crippen LogP contribution in [0.2, 0.25) is 0 Å². The molecule has 0 heterocycles. The number of hydrogen-bond acceptors (Lipinski definition) is 3. The zero-order valence-electron chi connectivity index (χ0n) is 22.7. The van der Waals surface area contributed by atoms with E-state index < -0.39 is 10.0 Å². The van der Waals surface area contributed by atoms with Gasteiger partial charge in [-0.25, -0.2) is 13.1 Å². The van der Waals surface area contributed by atoms with Crippen molar-refractivity contribution in [1.82, 2.24) is 4.72 Å². The van der Waals surface area contributed by atoms with Crippen LogP contribution >= 0.6 is 0 Å². The van der Waals surface area contributed by atoms with Gasteiger partial charge in [0.05, 0.1) is 12.4 Å². The molecule has 5 heteroatoms. The lowest BCUT2D eigenvalue weighted by Crippen LogP contribution is -2.38. The Balaban J connectivity index is 1.93. The van der Waals surface area contributed by atoms with Gasteiger partial charge in [0.2, 0.25) is 10.0 Å². The normalized spacial score (nSPS) is 12.7. The molecule has 0 aromatic heterocycles. The first kappa shape index (κ1) is 32.1. The average Bonchev–Trinajstić information content (AvgIpc) is 2.86. The molecule has 0 amide bonds. The molecule has 0 saturated heterocycles. The zero-order valence-corrected chi connectivity index (χ0v) is 23.5. The van der Waals surface area contributed by atoms with Crippen LogP contribution in [0.3, 0.4) is 0 Å². The van der Waals surface area contributed by atoms with Gasteiger partial charge in [-0.15, -0.1) is 0 Å². The van der Waals surface area contributed by atoms with Crippen molar-refractivity contribution in [2.24, 2.45) is 0 Å². The fourth-order valence-electron chi connectivity index (χ4n) is 4.71. The molecule has 1 aromatic carbocycles. The second-order valence-electron chi connectivity index (χ2n) is 10.4. The Hall–Kier alpha value is -0.910. The van der Waals surface area contributed by atoms with Crippen molar-refractivity contribution < 1.29 is 13.5 Å². The predicted octanol–water partition coefficient (Wildman–Crippen LogP) is 7.94. The third kappa shape index (κ3) is 19.9. The maximum absolute atomic E-state index is 12.3. The molecule has 204 valence electrons. The third-order valence-corrected chi connectivity index (χ3v) is 8.46. The van der Waals surface area contributed by atoms with Crippen LogP contribution in [-0.4, -0.2) is 31.9 Å². The molecule has 0 saturated carbocycles. The number of benzene rings is 1. The largest absolute Gasteiger partial charge is 0.395 e. The Morgan fingerprint density at radius 3 is 1.71 bits per heavy atom. The monoisotopic (exact) mass is 509 g/mol. The van der Waals surface area contributed by atoms with Crippen LogP contribution in [0, 0.1) is 0 Å². The van der Waals surface area contributed by atoms with Crippen LogP contribution in [0.25, 0.3) is 0 Å². The van der Waals surface area contributed by atoms with Crippen LogP contribution in [0.15, 0.2) is 30.3 Å². The van der Waals surface area contributed by atoms with E-state index in [9.17, 15) is 13.5 Å². The quantitative estimate of drug-likeness (QED) is 0.131. The van der Waals surface area contributed by atoms with Crippen molar-refractivity contribution in [2.75, 3.05) is 12.4 Å². The van der Waals surface area contributed by atoms with E-state index in [0.29, 0.717) is 6.42 Å². The maximum Gasteiger partial charge on any atom is 0.211 e. The van der Waals surface area contributed by atoms with Gasteiger partial charge in [0.25, 0.3) is 0 Å². The summed E-state index contributed by atoms with van der Waals surface area (Å²) in [6.45, 7) is 2.11. The first-order valence-electron chi connectivity index (χ1n) is 14.7. The molecule has 0 aliphatic rings. The fraction of sp³-hybridized carbons (Fsp3) is 0.800. The Kier molecular flexibility index (Phi) is 20.5. The summed E-state index contributed by atoms with van der Waals surface area (Å²) in [5.74, 6) is 0.185. The highest BCUT2D eigenvalue weighted by atomic mass is 32.2. The molecule has 35 heavy (non-hydrogen) atoms. The first-order chi connectivity index (χ1) is 17.1. The topological polar surface area (TPSA) is 66.4 Å². The summed E-state index contributed by atoms with van der Waals surface area (Å²) in [5.41, 5.74) is 1.45. The van der Waals surface area contributed by atoms with Crippen LogP contribution in [0.5, 0.6) is 0 Å². The number of hydrogen-bond donors (Lipinski definition) is 2. The number of aliphatic hydroxyl groups excluding tert-OH is 1. The number of aliphatic hydroxyl groups is 1. The Morgan fingerprint density at radius 2 is 1.17 bits per heavy atom. The minimum absolute atomic E-state index is 0.110. The van der Waals surface area contributed by atoms with Crippen LogP contribution in [0.1, 0.15) is 134 Å². The van der Waals surface area contributed by atoms with E-state index in [0.717, 1.165) is 32.1 Å². The standard InChI is InChI=1S/C30H55NO3S/c1-2-3-4-5-6-13-16-22-27-35(33,34)31-30(28-32)26-21-15-12-10-8-7-9-11-14-18-23-29-24-19-17-20-25-29/h17,19-20,24-25,30-32H,2-16,18,21-23,26-28H2,1H3. The minimum Gasteiger partial charge on any atom is -0.395 e. The number of rotatable bonds is 25. The summed E-state index contributed by atoms with van der Waals surface area (Å²) in [5, 5.41) is 9.60. The maximum atomic E-state index is 12.3. The lowest BCUT2D eigenvalue weighted by Gasteiger charge is -2.16. The van der Waals surface area contributed by atoms with E-state index in [1.165, 1.54) is 95.5 Å². The van der Waals surface area contributed by atoms with Crippen LogP contribution in [-0.2, 0) is 16.4 Å². The van der Waals surface area contributed by atoms with Crippen molar-refractivity contribution >= 4 is 10.0 Å². The van der Waals surface area contributed by atoms with Gasteiger partial charge in [0.15, 0.2) is 0 Å². The van der Waals surface area contributed by atoms with Gasteiger partial charge in [-0.2, -0.15) is 0 Å². The lowest BCUT2D eigenvalue weighted by molar-refractivity contribution is 0.247. The lowest BCUT2D eigenvalue weighted by atomic mass is 10.0. The molecule has 0 bridgehead atoms. The molecule has 0 radical (unpaired) electrons. The van der Waals surface area contributed by atoms with Gasteiger partial charge in [-0.05, 0) is 31.2 Å². The molecular formula is C30H55NO3S. The number of nitrogens with one attached hydrogen (secondary N) is 1. The smallest absolute Gasteiger partial charge is 0.211 e. The fourth-order valence-corrected chi connectivity index (χ4v) is 6.11. The van der Waals surface area contributed by atoms with E-state index >= 15 is 0 Å². The number of sulfonamides is 1. The van der Waals surface area contributed by atoms with E-state index in [1.807, 2.05) is 0 Å². The van der Waals surface area contributed by atoms with E-state index in [1.54, 1.807) is 0 Å². The molecule has 1 unspecified atom stereocenters. The highest BCUT2D eigenvalue weighted by Crippen LogP contribution is 2.14. The Bertz CT molecular complexity index is 678. The second-order valence-corrected chi connectivity index (χ2v) is 12.2. The van der Waals surface area contributed by atoms with Gasteiger partial charge in [-0.1, -0.05) is 140 Å². The van der Waals surface area contributed by atoms with E-state index in [-0.39, 0.29) is 18.4 Å². The van der Waals surface area contributed by atoms with Crippen LogP contribution in [0.4, 0.5) is 0 Å². The molecule has 0 fully saturated rings. The van der Waals surface area contributed by atoms with Gasteiger partial charge < -0.3 is 5.11 Å². The van der Waals surface area contributed by atoms with Crippen molar-refractivity contribution in [2.45, 2.75) is 141 Å². The molecule has 1 rings (SSSR count). The highest BCUT2D eigenvalue weighted by molar-refractivity contribution is 7.89. The van der Waals surface area contributed by atoms with E-state index in [2.05, 4.69) is 42.0 Å². The molecule has 1 atom stereocenters. The highest BCUT2D eigenvalue weighted by Gasteiger charge is 2.16. The summed E-state index contributed by atoms with van der Waals surface area (Å²) in [4.78, 5) is 0. The molecular weight excluding hydrogens is 454 g/mol. The zero-order chi connectivity index (χ0) is 25.5. The van der Waals surface area contributed by atoms with Gasteiger partial charge >= 0.3 is 0 Å². The van der Waals surface area contributed by atoms with Crippen molar-refractivity contribution in [3.05, 3.63) is 35.9 Å². The molecule has 0 aliphatic heterocycles. The predicted molar refractivity (Wildman–Crippen MR) is 151 cm³/mol. The number of unbranched alkanes of at least 4 members (excludes halogenated alkanes) is 16. The Labute approximate surface area is 217 Å². The molecule has 0 spiro atoms. The average molecular weight is 510 g/mol. The molecule has 1 aromatic rings. The third-order valence-electron chi connectivity index (χ3n) is 6.94. The summed E-state index contributed by atoms with van der Waals surface area (Å²) in [6, 6.07) is 10.4. The van der Waals surface area contributed by atoms with Crippen LogP contribution < -0.4 is 4.72 Å². The molecule has 4 nitrogen and oxygen atoms in total. The van der Waals surface area contributed by atoms with Crippen molar-refractivity contribution in [3.8, 4) is 0 Å². The second kappa shape index (κ2) is 22.3. The van der Waals surface area contributed by atoms with Crippen molar-refractivity contribution in [1.29, 1.82) is 0 Å². The molecule has 2 N–H and O–H groups in total. The first-order valence-corrected chi connectivity index (χ1v) is 16.4. The molecule has 0 aliphatic carbocycles. The summed E-state index contributed by atoms with van der Waals surface area (Å²) in [6.07, 6.45) is 23.5. The summed E-state index contributed by atoms with van der Waals surface area (Å²) in [7, 11) is -3.28. The summed E-state index contributed by atoms with van der Waals surface area (Å²) >= 11 is 0. The van der Waals surface area contributed by atoms with Gasteiger partial charge in [0.1, 0.15) is 0 Å². The summed E-state index contributed by atoms with van der Waals surface area (Å²) < 4.78 is 27.4.